The summed E-state index contributed by atoms with van der Waals surface area (Å²) in [6, 6.07) is 13.9. The van der Waals surface area contributed by atoms with Crippen LogP contribution in [0.1, 0.15) is 11.1 Å². The average molecular weight is 520 g/mol. The van der Waals surface area contributed by atoms with Crippen LogP contribution in [0.2, 0.25) is 0 Å². The molecule has 0 radical (unpaired) electrons. The summed E-state index contributed by atoms with van der Waals surface area (Å²) >= 11 is 0. The summed E-state index contributed by atoms with van der Waals surface area (Å²) in [5.41, 5.74) is 1.95. The van der Waals surface area contributed by atoms with Gasteiger partial charge in [-0.15, -0.1) is 0 Å². The van der Waals surface area contributed by atoms with Gasteiger partial charge in [-0.25, -0.2) is 4.79 Å². The van der Waals surface area contributed by atoms with E-state index in [1.165, 1.54) is 44.6 Å². The lowest BCUT2D eigenvalue weighted by atomic mass is 10.1. The first-order chi connectivity index (χ1) is 18.3. The maximum atomic E-state index is 12.5. The molecule has 1 heterocycles. The molecule has 0 amide bonds. The molecule has 0 bridgehead atoms. The second kappa shape index (κ2) is 11.3. The summed E-state index contributed by atoms with van der Waals surface area (Å²) in [6.45, 7) is 0.175. The van der Waals surface area contributed by atoms with Crippen molar-refractivity contribution in [3.05, 3.63) is 71.8 Å². The van der Waals surface area contributed by atoms with E-state index in [2.05, 4.69) is 0 Å². The van der Waals surface area contributed by atoms with Crippen LogP contribution in [-0.2, 0) is 25.5 Å². The molecule has 1 atom stereocenters. The maximum absolute atomic E-state index is 12.5. The molecule has 0 aliphatic rings. The lowest BCUT2D eigenvalue weighted by molar-refractivity contribution is -0.174. The maximum Gasteiger partial charge on any atom is 0.333 e. The number of furan rings is 1. The number of esters is 1. The van der Waals surface area contributed by atoms with Gasteiger partial charge in [0.05, 0.1) is 14.2 Å². The fourth-order valence-electron chi connectivity index (χ4n) is 3.80. The van der Waals surface area contributed by atoms with Crippen LogP contribution in [0.4, 0.5) is 0 Å². The number of phenolic OH excluding ortho intramolecular Hbond substituents is 3. The zero-order valence-corrected chi connectivity index (χ0v) is 20.4. The number of methoxy groups -OCH3 is 2. The van der Waals surface area contributed by atoms with Crippen LogP contribution in [0.3, 0.4) is 0 Å². The fourth-order valence-corrected chi connectivity index (χ4v) is 3.80. The molecule has 38 heavy (non-hydrogen) atoms. The first kappa shape index (κ1) is 26.0. The summed E-state index contributed by atoms with van der Waals surface area (Å²) in [5, 5.41) is 30.4. The van der Waals surface area contributed by atoms with Gasteiger partial charge in [0.25, 0.3) is 12.8 Å². The molecule has 0 saturated heterocycles. The van der Waals surface area contributed by atoms with Crippen LogP contribution in [0.15, 0.2) is 65.1 Å². The first-order valence-electron chi connectivity index (χ1n) is 11.3. The molecule has 1 aromatic heterocycles. The molecule has 4 aromatic rings. The van der Waals surface area contributed by atoms with Gasteiger partial charge in [-0.1, -0.05) is 12.1 Å². The highest BCUT2D eigenvalue weighted by molar-refractivity contribution is 5.97. The molecular weight excluding hydrogens is 496 g/mol. The second-order valence-electron chi connectivity index (χ2n) is 8.06. The van der Waals surface area contributed by atoms with E-state index in [4.69, 9.17) is 23.4 Å². The topological polar surface area (TPSA) is 145 Å². The minimum Gasteiger partial charge on any atom is -0.504 e. The molecule has 3 N–H and O–H groups in total. The Labute approximate surface area is 216 Å². The fraction of sp³-hybridized carbons (Fsp3) is 0.143. The summed E-state index contributed by atoms with van der Waals surface area (Å²) < 4.78 is 26.2. The van der Waals surface area contributed by atoms with Crippen LogP contribution in [0.25, 0.3) is 28.4 Å². The number of carbonyl (C=O) groups excluding carboxylic acids is 2. The van der Waals surface area contributed by atoms with Gasteiger partial charge in [0.1, 0.15) is 5.76 Å². The third-order valence-corrected chi connectivity index (χ3v) is 5.66. The van der Waals surface area contributed by atoms with Gasteiger partial charge in [0.2, 0.25) is 0 Å². The number of ether oxygens (including phenoxy) is 4. The quantitative estimate of drug-likeness (QED) is 0.118. The Balaban J connectivity index is 1.54. The monoisotopic (exact) mass is 520 g/mol. The van der Waals surface area contributed by atoms with Gasteiger partial charge >= 0.3 is 5.97 Å². The van der Waals surface area contributed by atoms with Crippen molar-refractivity contribution in [2.75, 3.05) is 14.2 Å². The van der Waals surface area contributed by atoms with E-state index in [1.54, 1.807) is 30.3 Å². The predicted octanol–water partition coefficient (Wildman–Crippen LogP) is 4.53. The molecule has 10 heteroatoms. The van der Waals surface area contributed by atoms with Crippen LogP contribution in [0.5, 0.6) is 28.7 Å². The van der Waals surface area contributed by atoms with Crippen molar-refractivity contribution >= 4 is 29.5 Å². The molecule has 10 nitrogen and oxygen atoms in total. The normalized spacial score (nSPS) is 11.8. The minimum atomic E-state index is -1.22. The van der Waals surface area contributed by atoms with Gasteiger partial charge in [-0.2, -0.15) is 0 Å². The number of benzene rings is 3. The molecule has 0 spiro atoms. The highest BCUT2D eigenvalue weighted by Crippen LogP contribution is 2.38. The minimum absolute atomic E-state index is 0.0274. The van der Waals surface area contributed by atoms with Crippen LogP contribution >= 0.6 is 0 Å². The van der Waals surface area contributed by atoms with E-state index in [9.17, 15) is 24.9 Å². The summed E-state index contributed by atoms with van der Waals surface area (Å²) in [4.78, 5) is 23.5. The van der Waals surface area contributed by atoms with Crippen LogP contribution < -0.4 is 9.47 Å². The molecule has 0 saturated carbocycles. The van der Waals surface area contributed by atoms with Gasteiger partial charge in [0, 0.05) is 23.4 Å². The summed E-state index contributed by atoms with van der Waals surface area (Å²) in [7, 11) is 2.82. The van der Waals surface area contributed by atoms with Crippen molar-refractivity contribution in [3.8, 4) is 40.1 Å². The van der Waals surface area contributed by atoms with E-state index >= 15 is 0 Å². The van der Waals surface area contributed by atoms with E-state index in [-0.39, 0.29) is 47.2 Å². The van der Waals surface area contributed by atoms with Crippen molar-refractivity contribution in [1.82, 2.24) is 0 Å². The smallest absolute Gasteiger partial charge is 0.333 e. The number of fused-ring (bicyclic) bond motifs is 1. The van der Waals surface area contributed by atoms with Crippen molar-refractivity contribution in [2.24, 2.45) is 0 Å². The second-order valence-corrected chi connectivity index (χ2v) is 8.06. The van der Waals surface area contributed by atoms with E-state index in [0.717, 1.165) is 6.08 Å². The largest absolute Gasteiger partial charge is 0.504 e. The van der Waals surface area contributed by atoms with Crippen molar-refractivity contribution in [3.63, 3.8) is 0 Å². The SMILES string of the molecule is COc1cc(CC(OC=O)OC(=O)/C=C/c2ccc(O)c3oc(-c4ccc(O)c(OC)c4)cc23)ccc1O. The first-order valence-corrected chi connectivity index (χ1v) is 11.3. The Morgan fingerprint density at radius 3 is 2.32 bits per heavy atom. The van der Waals surface area contributed by atoms with Crippen LogP contribution in [0, 0.1) is 0 Å². The Kier molecular flexibility index (Phi) is 7.72. The third kappa shape index (κ3) is 5.65. The molecule has 196 valence electrons. The van der Waals surface area contributed by atoms with E-state index < -0.39 is 12.3 Å². The van der Waals surface area contributed by atoms with Crippen molar-refractivity contribution in [2.45, 2.75) is 12.7 Å². The van der Waals surface area contributed by atoms with Crippen LogP contribution in [-0.4, -0.2) is 48.3 Å². The predicted molar refractivity (Wildman–Crippen MR) is 136 cm³/mol. The molecule has 0 fully saturated rings. The number of rotatable bonds is 10. The van der Waals surface area contributed by atoms with Gasteiger partial charge < -0.3 is 38.7 Å². The van der Waals surface area contributed by atoms with E-state index in [1.807, 2.05) is 0 Å². The molecule has 3 aromatic carbocycles. The lowest BCUT2D eigenvalue weighted by Crippen LogP contribution is -2.22. The van der Waals surface area contributed by atoms with Crippen molar-refractivity contribution < 1.29 is 48.3 Å². The molecule has 1 unspecified atom stereocenters. The molecular formula is C28H24O10. The Morgan fingerprint density at radius 1 is 0.921 bits per heavy atom. The summed E-state index contributed by atoms with van der Waals surface area (Å²) in [5.74, 6) is -0.0832. The lowest BCUT2D eigenvalue weighted by Gasteiger charge is -2.15. The number of hydrogen-bond donors (Lipinski definition) is 3. The van der Waals surface area contributed by atoms with Gasteiger partial charge in [-0.3, -0.25) is 4.79 Å². The number of aromatic hydroxyl groups is 3. The number of hydrogen-bond acceptors (Lipinski definition) is 10. The number of carbonyl (C=O) groups is 2. The van der Waals surface area contributed by atoms with Crippen molar-refractivity contribution in [1.29, 1.82) is 0 Å². The van der Waals surface area contributed by atoms with E-state index in [0.29, 0.717) is 27.8 Å². The Bertz CT molecular complexity index is 1500. The summed E-state index contributed by atoms with van der Waals surface area (Å²) in [6.07, 6.45) is 1.44. The Morgan fingerprint density at radius 2 is 1.61 bits per heavy atom. The average Bonchev–Trinajstić information content (AvgIpc) is 3.36. The zero-order chi connectivity index (χ0) is 27.2. The number of phenols is 3. The highest BCUT2D eigenvalue weighted by atomic mass is 16.7. The molecule has 0 aliphatic carbocycles. The standard InChI is InChI=1S/C28H24O10/c1-34-24-11-16(3-7-20(24)30)12-27(36-15-29)38-26(33)10-6-17-4-9-22(32)28-19(17)14-23(37-28)18-5-8-21(31)25(13-18)35-2/h3-11,13-15,27,30-32H,12H2,1-2H3/b10-6+. The van der Waals surface area contributed by atoms with Gasteiger partial charge in [-0.05, 0) is 59.7 Å². The molecule has 0 aliphatic heterocycles. The third-order valence-electron chi connectivity index (χ3n) is 5.66. The zero-order valence-electron chi connectivity index (χ0n) is 20.4. The van der Waals surface area contributed by atoms with Gasteiger partial charge in [0.15, 0.2) is 34.3 Å². The molecule has 4 rings (SSSR count). The Hall–Kier alpha value is -5.12. The highest BCUT2D eigenvalue weighted by Gasteiger charge is 2.17.